The molecule has 14 heavy (non-hydrogen) atoms. The van der Waals surface area contributed by atoms with Gasteiger partial charge in [-0.2, -0.15) is 0 Å². The predicted octanol–water partition coefficient (Wildman–Crippen LogP) is 4.06. The molecule has 0 saturated heterocycles. The smallest absolute Gasteiger partial charge is 0.185 e. The minimum absolute atomic E-state index is 1.02. The lowest BCUT2D eigenvalue weighted by Crippen LogP contribution is -2.02. The summed E-state index contributed by atoms with van der Waals surface area (Å²) in [7, 11) is -1.18. The van der Waals surface area contributed by atoms with Gasteiger partial charge in [0.15, 0.2) is 13.2 Å². The van der Waals surface area contributed by atoms with Crippen LogP contribution >= 0.6 is 7.49 Å². The van der Waals surface area contributed by atoms with E-state index >= 15 is 0 Å². The fourth-order valence-corrected chi connectivity index (χ4v) is 3.21. The summed E-state index contributed by atoms with van der Waals surface area (Å²) in [5.41, 5.74) is 0. The van der Waals surface area contributed by atoms with Crippen LogP contribution in [0.1, 0.15) is 19.8 Å². The number of benzene rings is 1. The van der Waals surface area contributed by atoms with Crippen molar-refractivity contribution in [3.8, 4) is 5.75 Å². The van der Waals surface area contributed by atoms with Crippen molar-refractivity contribution in [2.24, 2.45) is 0 Å². The van der Waals surface area contributed by atoms with Crippen LogP contribution in [-0.2, 0) is 0 Å². The molecule has 0 radical (unpaired) electrons. The summed E-state index contributed by atoms with van der Waals surface area (Å²) in [6.45, 7) is 6.74. The molecule has 1 aromatic rings. The van der Waals surface area contributed by atoms with Crippen LogP contribution in [0.4, 0.5) is 0 Å². The fraction of sp³-hybridized carbons (Fsp3) is 0.500. The lowest BCUT2D eigenvalue weighted by molar-refractivity contribution is 0.598. The number of hydrogen-bond donors (Lipinski definition) is 0. The highest BCUT2D eigenvalue weighted by Crippen LogP contribution is 2.52. The summed E-state index contributed by atoms with van der Waals surface area (Å²) < 4.78 is 6.02. The summed E-state index contributed by atoms with van der Waals surface area (Å²) >= 11 is 0. The summed E-state index contributed by atoms with van der Waals surface area (Å²) in [4.78, 5) is 0. The molecule has 0 unspecified atom stereocenters. The normalized spacial score (nSPS) is 11.4. The lowest BCUT2D eigenvalue weighted by Gasteiger charge is -2.17. The van der Waals surface area contributed by atoms with Crippen molar-refractivity contribution in [1.82, 2.24) is 0 Å². The van der Waals surface area contributed by atoms with Gasteiger partial charge in [-0.15, -0.1) is 0 Å². The molecule has 0 atom stereocenters. The topological polar surface area (TPSA) is 9.23 Å². The van der Waals surface area contributed by atoms with E-state index in [2.05, 4.69) is 20.3 Å². The molecule has 1 rings (SSSR count). The SMILES string of the molecule is CCCC[P+](C)(C)Oc1ccccc1. The van der Waals surface area contributed by atoms with Crippen molar-refractivity contribution in [1.29, 1.82) is 0 Å². The van der Waals surface area contributed by atoms with Crippen molar-refractivity contribution in [2.45, 2.75) is 19.8 Å². The van der Waals surface area contributed by atoms with Crippen LogP contribution in [-0.4, -0.2) is 19.5 Å². The van der Waals surface area contributed by atoms with Crippen LogP contribution in [0.5, 0.6) is 5.75 Å². The van der Waals surface area contributed by atoms with Gasteiger partial charge < -0.3 is 4.52 Å². The quantitative estimate of drug-likeness (QED) is 0.667. The highest BCUT2D eigenvalue weighted by atomic mass is 31.2. The second-order valence-corrected chi connectivity index (χ2v) is 7.83. The zero-order valence-electron chi connectivity index (χ0n) is 9.36. The van der Waals surface area contributed by atoms with Gasteiger partial charge in [0.2, 0.25) is 0 Å². The van der Waals surface area contributed by atoms with E-state index in [0.29, 0.717) is 0 Å². The van der Waals surface area contributed by atoms with Crippen LogP contribution in [0.15, 0.2) is 30.3 Å². The highest BCUT2D eigenvalue weighted by molar-refractivity contribution is 7.70. The molecule has 0 N–H and O–H groups in total. The molecule has 0 amide bonds. The molecular formula is C12H20OP+. The molecule has 78 valence electrons. The third-order valence-corrected chi connectivity index (χ3v) is 4.24. The number of unbranched alkanes of at least 4 members (excludes halogenated alkanes) is 1. The highest BCUT2D eigenvalue weighted by Gasteiger charge is 2.27. The average molecular weight is 211 g/mol. The minimum Gasteiger partial charge on any atom is -0.351 e. The number of hydrogen-bond acceptors (Lipinski definition) is 1. The molecule has 1 nitrogen and oxygen atoms in total. The Morgan fingerprint density at radius 3 is 2.36 bits per heavy atom. The second-order valence-electron chi connectivity index (χ2n) is 4.06. The third kappa shape index (κ3) is 4.11. The molecule has 0 spiro atoms. The third-order valence-electron chi connectivity index (χ3n) is 2.15. The van der Waals surface area contributed by atoms with E-state index in [1.165, 1.54) is 19.0 Å². The summed E-state index contributed by atoms with van der Waals surface area (Å²) in [5.74, 6) is 1.02. The Morgan fingerprint density at radius 2 is 1.79 bits per heavy atom. The van der Waals surface area contributed by atoms with Gasteiger partial charge in [-0.25, -0.2) is 0 Å². The largest absolute Gasteiger partial charge is 0.351 e. The van der Waals surface area contributed by atoms with Crippen molar-refractivity contribution >= 4 is 7.49 Å². The molecule has 0 aliphatic rings. The Bertz CT molecular complexity index is 256. The minimum atomic E-state index is -1.18. The van der Waals surface area contributed by atoms with Gasteiger partial charge in [-0.1, -0.05) is 31.5 Å². The fourth-order valence-electron chi connectivity index (χ4n) is 1.35. The van der Waals surface area contributed by atoms with Crippen LogP contribution < -0.4 is 4.52 Å². The molecule has 0 aromatic heterocycles. The van der Waals surface area contributed by atoms with E-state index in [4.69, 9.17) is 4.52 Å². The first-order valence-corrected chi connectivity index (χ1v) is 8.00. The number of rotatable bonds is 5. The summed E-state index contributed by atoms with van der Waals surface area (Å²) in [6.07, 6.45) is 3.74. The van der Waals surface area contributed by atoms with E-state index in [9.17, 15) is 0 Å². The molecule has 0 bridgehead atoms. The van der Waals surface area contributed by atoms with Gasteiger partial charge in [0.1, 0.15) is 0 Å². The average Bonchev–Trinajstić information content (AvgIpc) is 2.16. The van der Waals surface area contributed by atoms with Gasteiger partial charge in [-0.05, 0) is 18.6 Å². The molecule has 0 heterocycles. The van der Waals surface area contributed by atoms with E-state index in [1.54, 1.807) is 0 Å². The predicted molar refractivity (Wildman–Crippen MR) is 65.6 cm³/mol. The van der Waals surface area contributed by atoms with Crippen LogP contribution in [0.2, 0.25) is 0 Å². The van der Waals surface area contributed by atoms with Gasteiger partial charge in [0.05, 0.1) is 19.5 Å². The standard InChI is InChI=1S/C12H20OP/c1-4-5-11-14(2,3)13-12-9-7-6-8-10-12/h6-10H,4-5,11H2,1-3H3/q+1. The maximum atomic E-state index is 6.02. The van der Waals surface area contributed by atoms with Crippen LogP contribution in [0.3, 0.4) is 0 Å². The van der Waals surface area contributed by atoms with Crippen molar-refractivity contribution in [3.05, 3.63) is 30.3 Å². The zero-order chi connectivity index (χ0) is 10.4. The van der Waals surface area contributed by atoms with E-state index < -0.39 is 7.49 Å². The summed E-state index contributed by atoms with van der Waals surface area (Å²) in [5, 5.41) is 0. The first-order chi connectivity index (χ1) is 6.64. The van der Waals surface area contributed by atoms with E-state index in [1.807, 2.05) is 30.3 Å². The first kappa shape index (κ1) is 11.5. The second kappa shape index (κ2) is 5.36. The number of para-hydroxylation sites is 1. The molecule has 0 fully saturated rings. The molecule has 0 saturated carbocycles. The summed E-state index contributed by atoms with van der Waals surface area (Å²) in [6, 6.07) is 10.1. The maximum absolute atomic E-state index is 6.02. The van der Waals surface area contributed by atoms with Crippen molar-refractivity contribution < 1.29 is 4.52 Å². The lowest BCUT2D eigenvalue weighted by atomic mass is 10.3. The van der Waals surface area contributed by atoms with Crippen LogP contribution in [0.25, 0.3) is 0 Å². The first-order valence-electron chi connectivity index (χ1n) is 5.22. The Hall–Kier alpha value is -0.550. The Morgan fingerprint density at radius 1 is 1.14 bits per heavy atom. The monoisotopic (exact) mass is 211 g/mol. The van der Waals surface area contributed by atoms with Crippen LogP contribution in [0, 0.1) is 0 Å². The maximum Gasteiger partial charge on any atom is 0.185 e. The molecule has 0 aliphatic heterocycles. The molecular weight excluding hydrogens is 191 g/mol. The van der Waals surface area contributed by atoms with Gasteiger partial charge in [0.25, 0.3) is 0 Å². The van der Waals surface area contributed by atoms with Gasteiger partial charge in [-0.3, -0.25) is 0 Å². The van der Waals surface area contributed by atoms with Crippen molar-refractivity contribution in [2.75, 3.05) is 19.5 Å². The Kier molecular flexibility index (Phi) is 4.41. The molecule has 1 aromatic carbocycles. The van der Waals surface area contributed by atoms with E-state index in [0.717, 1.165) is 5.75 Å². The molecule has 0 aliphatic carbocycles. The van der Waals surface area contributed by atoms with E-state index in [-0.39, 0.29) is 0 Å². The van der Waals surface area contributed by atoms with Crippen molar-refractivity contribution in [3.63, 3.8) is 0 Å². The Labute approximate surface area is 87.9 Å². The van der Waals surface area contributed by atoms with Gasteiger partial charge >= 0.3 is 0 Å². The zero-order valence-corrected chi connectivity index (χ0v) is 10.3. The Balaban J connectivity index is 2.50. The molecule has 2 heteroatoms. The van der Waals surface area contributed by atoms with Gasteiger partial charge in [0, 0.05) is 0 Å².